The van der Waals surface area contributed by atoms with Gasteiger partial charge in [0.25, 0.3) is 0 Å². The van der Waals surface area contributed by atoms with Crippen molar-refractivity contribution >= 4 is 17.7 Å². The van der Waals surface area contributed by atoms with E-state index in [1.54, 1.807) is 16.7 Å². The number of amides is 1. The van der Waals surface area contributed by atoms with E-state index >= 15 is 0 Å². The van der Waals surface area contributed by atoms with Gasteiger partial charge in [0.1, 0.15) is 17.7 Å². The van der Waals surface area contributed by atoms with Crippen molar-refractivity contribution in [3.8, 4) is 17.1 Å². The molecule has 0 radical (unpaired) electrons. The number of benzene rings is 2. The van der Waals surface area contributed by atoms with Crippen LogP contribution in [0.2, 0.25) is 0 Å². The van der Waals surface area contributed by atoms with Gasteiger partial charge in [0.2, 0.25) is 5.91 Å². The van der Waals surface area contributed by atoms with Crippen molar-refractivity contribution < 1.29 is 13.9 Å². The fourth-order valence-electron chi connectivity index (χ4n) is 3.07. The Hall–Kier alpha value is -2.87. The molecule has 0 saturated carbocycles. The van der Waals surface area contributed by atoms with Gasteiger partial charge in [-0.2, -0.15) is 0 Å². The van der Waals surface area contributed by atoms with E-state index in [0.29, 0.717) is 17.5 Å². The van der Waals surface area contributed by atoms with Gasteiger partial charge in [-0.25, -0.2) is 4.39 Å². The molecule has 3 aromatic rings. The highest BCUT2D eigenvalue weighted by molar-refractivity contribution is 7.99. The van der Waals surface area contributed by atoms with E-state index in [1.807, 2.05) is 31.3 Å². The zero-order valence-corrected chi connectivity index (χ0v) is 16.1. The first-order chi connectivity index (χ1) is 13.6. The van der Waals surface area contributed by atoms with E-state index in [1.165, 1.54) is 29.5 Å². The van der Waals surface area contributed by atoms with Crippen molar-refractivity contribution in [2.75, 3.05) is 12.3 Å². The fraction of sp³-hybridized carbons (Fsp3) is 0.250. The molecule has 2 aromatic carbocycles. The number of ether oxygens (including phenoxy) is 1. The number of carbonyl (C=O) groups is 1. The molecule has 0 bridgehead atoms. The van der Waals surface area contributed by atoms with Gasteiger partial charge in [-0.3, -0.25) is 4.79 Å². The molecule has 28 heavy (non-hydrogen) atoms. The highest BCUT2D eigenvalue weighted by Gasteiger charge is 2.22. The third kappa shape index (κ3) is 4.01. The normalized spacial score (nSPS) is 15.1. The number of para-hydroxylation sites is 1. The minimum atomic E-state index is -0.300. The van der Waals surface area contributed by atoms with Crippen LogP contribution < -0.4 is 10.1 Å². The van der Waals surface area contributed by atoms with Crippen molar-refractivity contribution in [2.45, 2.75) is 17.7 Å². The number of fused-ring (bicyclic) bond motifs is 1. The molecule has 1 unspecified atom stereocenters. The molecule has 1 N–H and O–H groups in total. The van der Waals surface area contributed by atoms with Crippen LogP contribution in [-0.2, 0) is 18.3 Å². The number of nitrogens with zero attached hydrogens (tertiary/aromatic N) is 3. The lowest BCUT2D eigenvalue weighted by molar-refractivity contribution is -0.118. The minimum absolute atomic E-state index is 0.0359. The van der Waals surface area contributed by atoms with E-state index in [4.69, 9.17) is 4.74 Å². The molecule has 1 aromatic heterocycles. The number of hydrogen-bond acceptors (Lipinski definition) is 5. The predicted octanol–water partition coefficient (Wildman–Crippen LogP) is 2.83. The number of rotatable bonds is 6. The van der Waals surface area contributed by atoms with Gasteiger partial charge in [0, 0.05) is 19.0 Å². The van der Waals surface area contributed by atoms with E-state index in [9.17, 15) is 9.18 Å². The van der Waals surface area contributed by atoms with Gasteiger partial charge in [-0.05, 0) is 35.9 Å². The Morgan fingerprint density at radius 2 is 2.04 bits per heavy atom. The predicted molar refractivity (Wildman–Crippen MR) is 105 cm³/mol. The van der Waals surface area contributed by atoms with E-state index in [2.05, 4.69) is 15.5 Å². The summed E-state index contributed by atoms with van der Waals surface area (Å²) in [6.07, 6.45) is 0.764. The van der Waals surface area contributed by atoms with Crippen LogP contribution >= 0.6 is 11.8 Å². The SMILES string of the molecule is Cn1c(SCC(=O)NCC2Cc3ccccc3O2)nnc1-c1ccc(F)cc1. The Labute approximate surface area is 166 Å². The topological polar surface area (TPSA) is 69.0 Å². The molecular formula is C20H19FN4O2S. The maximum Gasteiger partial charge on any atom is 0.230 e. The fourth-order valence-corrected chi connectivity index (χ4v) is 3.81. The first-order valence-corrected chi connectivity index (χ1v) is 9.88. The highest BCUT2D eigenvalue weighted by atomic mass is 32.2. The number of halogens is 1. The molecule has 1 amide bonds. The Morgan fingerprint density at radius 1 is 1.25 bits per heavy atom. The summed E-state index contributed by atoms with van der Waals surface area (Å²) < 4.78 is 20.7. The second kappa shape index (κ2) is 8.02. The quantitative estimate of drug-likeness (QED) is 0.647. The highest BCUT2D eigenvalue weighted by Crippen LogP contribution is 2.28. The molecule has 0 aliphatic carbocycles. The first-order valence-electron chi connectivity index (χ1n) is 8.89. The van der Waals surface area contributed by atoms with Crippen LogP contribution in [-0.4, -0.2) is 39.1 Å². The van der Waals surface area contributed by atoms with Gasteiger partial charge >= 0.3 is 0 Å². The molecular weight excluding hydrogens is 379 g/mol. The molecule has 0 fully saturated rings. The Balaban J connectivity index is 1.28. The molecule has 0 saturated heterocycles. The molecule has 6 nitrogen and oxygen atoms in total. The third-order valence-corrected chi connectivity index (χ3v) is 5.53. The smallest absolute Gasteiger partial charge is 0.230 e. The molecule has 1 aliphatic heterocycles. The number of aromatic nitrogens is 3. The number of thioether (sulfide) groups is 1. The van der Waals surface area contributed by atoms with Gasteiger partial charge in [0.05, 0.1) is 12.3 Å². The van der Waals surface area contributed by atoms with Crippen molar-refractivity contribution in [2.24, 2.45) is 7.05 Å². The van der Waals surface area contributed by atoms with Gasteiger partial charge in [-0.15, -0.1) is 10.2 Å². The largest absolute Gasteiger partial charge is 0.488 e. The summed E-state index contributed by atoms with van der Waals surface area (Å²) in [4.78, 5) is 12.2. The number of hydrogen-bond donors (Lipinski definition) is 1. The summed E-state index contributed by atoms with van der Waals surface area (Å²) in [5, 5.41) is 11.8. The van der Waals surface area contributed by atoms with Crippen LogP contribution in [0.5, 0.6) is 5.75 Å². The Morgan fingerprint density at radius 3 is 2.82 bits per heavy atom. The molecule has 2 heterocycles. The van der Waals surface area contributed by atoms with Crippen molar-refractivity contribution in [3.05, 3.63) is 59.9 Å². The number of carbonyl (C=O) groups excluding carboxylic acids is 1. The minimum Gasteiger partial charge on any atom is -0.488 e. The van der Waals surface area contributed by atoms with Crippen molar-refractivity contribution in [1.82, 2.24) is 20.1 Å². The molecule has 1 aliphatic rings. The zero-order valence-electron chi connectivity index (χ0n) is 15.3. The van der Waals surface area contributed by atoms with Crippen molar-refractivity contribution in [3.63, 3.8) is 0 Å². The van der Waals surface area contributed by atoms with E-state index in [-0.39, 0.29) is 23.6 Å². The summed E-state index contributed by atoms with van der Waals surface area (Å²) in [6.45, 7) is 0.466. The Bertz CT molecular complexity index is 965. The third-order valence-electron chi connectivity index (χ3n) is 4.51. The maximum atomic E-state index is 13.1. The Kier molecular flexibility index (Phi) is 5.29. The van der Waals surface area contributed by atoms with Crippen LogP contribution in [0.3, 0.4) is 0 Å². The lowest BCUT2D eigenvalue weighted by Crippen LogP contribution is -2.35. The summed E-state index contributed by atoms with van der Waals surface area (Å²) >= 11 is 1.31. The lowest BCUT2D eigenvalue weighted by atomic mass is 10.1. The van der Waals surface area contributed by atoms with Crippen LogP contribution in [0.15, 0.2) is 53.7 Å². The summed E-state index contributed by atoms with van der Waals surface area (Å²) in [5.41, 5.74) is 1.94. The monoisotopic (exact) mass is 398 g/mol. The molecule has 144 valence electrons. The zero-order chi connectivity index (χ0) is 19.5. The van der Waals surface area contributed by atoms with Gasteiger partial charge in [-0.1, -0.05) is 30.0 Å². The van der Waals surface area contributed by atoms with E-state index < -0.39 is 0 Å². The number of nitrogens with one attached hydrogen (secondary N) is 1. The molecule has 4 rings (SSSR count). The summed E-state index contributed by atoms with van der Waals surface area (Å²) in [7, 11) is 1.82. The molecule has 1 atom stereocenters. The van der Waals surface area contributed by atoms with Crippen LogP contribution in [0.1, 0.15) is 5.56 Å². The van der Waals surface area contributed by atoms with Crippen LogP contribution in [0.4, 0.5) is 4.39 Å². The standard InChI is InChI=1S/C20H19FN4O2S/c1-25-19(13-6-8-15(21)9-7-13)23-24-20(25)28-12-18(26)22-11-16-10-14-4-2-3-5-17(14)27-16/h2-9,16H,10-12H2,1H3,(H,22,26). The van der Waals surface area contributed by atoms with Crippen LogP contribution in [0.25, 0.3) is 11.4 Å². The van der Waals surface area contributed by atoms with Gasteiger partial charge < -0.3 is 14.6 Å². The molecule has 0 spiro atoms. The maximum absolute atomic E-state index is 13.1. The van der Waals surface area contributed by atoms with Crippen molar-refractivity contribution in [1.29, 1.82) is 0 Å². The van der Waals surface area contributed by atoms with E-state index in [0.717, 1.165) is 17.7 Å². The van der Waals surface area contributed by atoms with Crippen LogP contribution in [0, 0.1) is 5.82 Å². The second-order valence-corrected chi connectivity index (χ2v) is 7.46. The summed E-state index contributed by atoms with van der Waals surface area (Å²) in [5.74, 6) is 1.36. The summed E-state index contributed by atoms with van der Waals surface area (Å²) in [6, 6.07) is 14.0. The average Bonchev–Trinajstić information content (AvgIpc) is 3.28. The lowest BCUT2D eigenvalue weighted by Gasteiger charge is -2.11. The molecule has 8 heteroatoms. The average molecular weight is 398 g/mol. The van der Waals surface area contributed by atoms with Gasteiger partial charge in [0.15, 0.2) is 11.0 Å². The first kappa shape index (κ1) is 18.5. The second-order valence-electron chi connectivity index (χ2n) is 6.52.